The van der Waals surface area contributed by atoms with Crippen LogP contribution in [0.3, 0.4) is 0 Å². The standard InChI is InChI=1S/C13H26O4Si/c1-5-9-13(14)15-12-18(8-4,16-10-6-2)17-11-7-3/h5,9H,6-8,10-12H2,1-4H3. The number of rotatable bonds is 10. The van der Waals surface area contributed by atoms with Crippen molar-refractivity contribution in [2.45, 2.75) is 46.6 Å². The van der Waals surface area contributed by atoms with E-state index in [0.717, 1.165) is 18.9 Å². The number of esters is 1. The van der Waals surface area contributed by atoms with E-state index < -0.39 is 8.56 Å². The van der Waals surface area contributed by atoms with Gasteiger partial charge in [0.05, 0.1) is 0 Å². The van der Waals surface area contributed by atoms with Crippen molar-refractivity contribution >= 4 is 14.5 Å². The van der Waals surface area contributed by atoms with Crippen molar-refractivity contribution in [3.8, 4) is 0 Å². The van der Waals surface area contributed by atoms with Crippen LogP contribution in [0.4, 0.5) is 0 Å². The van der Waals surface area contributed by atoms with Crippen molar-refractivity contribution in [1.29, 1.82) is 0 Å². The Kier molecular flexibility index (Phi) is 9.91. The molecule has 0 saturated carbocycles. The third-order valence-electron chi connectivity index (χ3n) is 2.41. The molecule has 0 aromatic carbocycles. The molecule has 106 valence electrons. The second-order valence-electron chi connectivity index (χ2n) is 4.07. The zero-order valence-corrected chi connectivity index (χ0v) is 13.0. The number of carbonyl (C=O) groups excluding carboxylic acids is 1. The maximum atomic E-state index is 11.4. The molecule has 0 aromatic heterocycles. The molecule has 0 spiro atoms. The fourth-order valence-electron chi connectivity index (χ4n) is 1.37. The third-order valence-corrected chi connectivity index (χ3v) is 5.54. The highest BCUT2D eigenvalue weighted by Gasteiger charge is 2.37. The molecule has 0 atom stereocenters. The first kappa shape index (κ1) is 17.3. The predicted molar refractivity (Wildman–Crippen MR) is 74.5 cm³/mol. The zero-order valence-electron chi connectivity index (χ0n) is 12.0. The Morgan fingerprint density at radius 2 is 1.67 bits per heavy atom. The van der Waals surface area contributed by atoms with Crippen molar-refractivity contribution in [2.75, 3.05) is 19.4 Å². The minimum Gasteiger partial charge on any atom is -0.461 e. The first-order valence-electron chi connectivity index (χ1n) is 6.71. The Balaban J connectivity index is 4.45. The van der Waals surface area contributed by atoms with Crippen molar-refractivity contribution in [2.24, 2.45) is 0 Å². The summed E-state index contributed by atoms with van der Waals surface area (Å²) in [6.45, 7) is 9.24. The molecule has 0 heterocycles. The SMILES string of the molecule is CC=CC(=O)OC[Si](CC)(OCCC)OCCC. The monoisotopic (exact) mass is 274 g/mol. The second-order valence-corrected chi connectivity index (χ2v) is 7.46. The predicted octanol–water partition coefficient (Wildman–Crippen LogP) is 2.96. The number of carbonyl (C=O) groups is 1. The summed E-state index contributed by atoms with van der Waals surface area (Å²) in [6.07, 6.45) is 5.22. The van der Waals surface area contributed by atoms with Gasteiger partial charge in [-0.05, 0) is 25.8 Å². The summed E-state index contributed by atoms with van der Waals surface area (Å²) in [5.41, 5.74) is 0. The molecule has 0 aliphatic carbocycles. The van der Waals surface area contributed by atoms with E-state index in [1.165, 1.54) is 6.08 Å². The van der Waals surface area contributed by atoms with Crippen molar-refractivity contribution in [3.05, 3.63) is 12.2 Å². The Bertz CT molecular complexity index is 245. The molecule has 0 aliphatic rings. The van der Waals surface area contributed by atoms with Gasteiger partial charge in [-0.15, -0.1) is 0 Å². The molecule has 0 aromatic rings. The van der Waals surface area contributed by atoms with Gasteiger partial charge < -0.3 is 13.6 Å². The molecule has 0 radical (unpaired) electrons. The summed E-state index contributed by atoms with van der Waals surface area (Å²) >= 11 is 0. The molecule has 0 N–H and O–H groups in total. The Morgan fingerprint density at radius 1 is 1.11 bits per heavy atom. The van der Waals surface area contributed by atoms with Crippen LogP contribution >= 0.6 is 0 Å². The van der Waals surface area contributed by atoms with E-state index in [1.54, 1.807) is 13.0 Å². The normalized spacial score (nSPS) is 12.0. The Hall–Kier alpha value is -0.653. The van der Waals surface area contributed by atoms with Crippen LogP contribution in [0.1, 0.15) is 40.5 Å². The first-order valence-corrected chi connectivity index (χ1v) is 8.94. The second kappa shape index (κ2) is 10.3. The summed E-state index contributed by atoms with van der Waals surface area (Å²) in [5, 5.41) is 0. The lowest BCUT2D eigenvalue weighted by Gasteiger charge is -2.28. The van der Waals surface area contributed by atoms with Crippen LogP contribution in [-0.2, 0) is 18.4 Å². The molecule has 0 amide bonds. The largest absolute Gasteiger partial charge is 0.461 e. The summed E-state index contributed by atoms with van der Waals surface area (Å²) in [5.74, 6) is -0.331. The molecule has 0 unspecified atom stereocenters. The fourth-order valence-corrected chi connectivity index (χ4v) is 3.75. The summed E-state index contributed by atoms with van der Waals surface area (Å²) in [6, 6.07) is 0.788. The lowest BCUT2D eigenvalue weighted by molar-refractivity contribution is -0.136. The van der Waals surface area contributed by atoms with Gasteiger partial charge in [-0.3, -0.25) is 0 Å². The van der Waals surface area contributed by atoms with E-state index in [1.807, 2.05) is 6.92 Å². The van der Waals surface area contributed by atoms with Crippen LogP contribution in [0.25, 0.3) is 0 Å². The Morgan fingerprint density at radius 3 is 2.06 bits per heavy atom. The molecule has 0 bridgehead atoms. The van der Waals surface area contributed by atoms with Crippen LogP contribution in [0, 0.1) is 0 Å². The maximum Gasteiger partial charge on any atom is 0.376 e. The van der Waals surface area contributed by atoms with Gasteiger partial charge in [-0.1, -0.05) is 26.8 Å². The minimum absolute atomic E-state index is 0.271. The molecule has 4 nitrogen and oxygen atoms in total. The molecule has 5 heteroatoms. The molecular formula is C13H26O4Si. The molecular weight excluding hydrogens is 248 g/mol. The molecule has 18 heavy (non-hydrogen) atoms. The average Bonchev–Trinajstić information content (AvgIpc) is 2.39. The zero-order chi connectivity index (χ0) is 13.9. The lowest BCUT2D eigenvalue weighted by Crippen LogP contribution is -2.47. The molecule has 0 saturated heterocycles. The van der Waals surface area contributed by atoms with Crippen molar-refractivity contribution < 1.29 is 18.4 Å². The van der Waals surface area contributed by atoms with Gasteiger partial charge >= 0.3 is 14.5 Å². The third kappa shape index (κ3) is 6.93. The van der Waals surface area contributed by atoms with Crippen LogP contribution in [0.5, 0.6) is 0 Å². The smallest absolute Gasteiger partial charge is 0.376 e. The highest BCUT2D eigenvalue weighted by Crippen LogP contribution is 2.15. The topological polar surface area (TPSA) is 44.8 Å². The number of allylic oxidation sites excluding steroid dienone is 1. The van der Waals surface area contributed by atoms with E-state index in [2.05, 4.69) is 13.8 Å². The summed E-state index contributed by atoms with van der Waals surface area (Å²) in [4.78, 5) is 11.4. The van der Waals surface area contributed by atoms with Gasteiger partial charge in [-0.2, -0.15) is 0 Å². The minimum atomic E-state index is -2.38. The van der Waals surface area contributed by atoms with Crippen molar-refractivity contribution in [1.82, 2.24) is 0 Å². The van der Waals surface area contributed by atoms with Gasteiger partial charge in [0.25, 0.3) is 0 Å². The first-order chi connectivity index (χ1) is 8.64. The molecule has 0 fully saturated rings. The van der Waals surface area contributed by atoms with Crippen LogP contribution in [-0.4, -0.2) is 34.0 Å². The van der Waals surface area contributed by atoms with Crippen LogP contribution in [0.2, 0.25) is 6.04 Å². The number of hydrogen-bond donors (Lipinski definition) is 0. The number of hydrogen-bond acceptors (Lipinski definition) is 4. The maximum absolute atomic E-state index is 11.4. The highest BCUT2D eigenvalue weighted by atomic mass is 28.4. The van der Waals surface area contributed by atoms with E-state index in [4.69, 9.17) is 13.6 Å². The average molecular weight is 274 g/mol. The van der Waals surface area contributed by atoms with E-state index >= 15 is 0 Å². The van der Waals surface area contributed by atoms with Gasteiger partial charge in [0.15, 0.2) is 0 Å². The van der Waals surface area contributed by atoms with Crippen LogP contribution < -0.4 is 0 Å². The fraction of sp³-hybridized carbons (Fsp3) is 0.769. The summed E-state index contributed by atoms with van der Waals surface area (Å²) in [7, 11) is -2.38. The van der Waals surface area contributed by atoms with E-state index in [9.17, 15) is 4.79 Å². The quantitative estimate of drug-likeness (QED) is 0.349. The number of ether oxygens (including phenoxy) is 1. The van der Waals surface area contributed by atoms with Gasteiger partial charge in [0.1, 0.15) is 6.23 Å². The molecule has 0 rings (SSSR count). The molecule has 0 aliphatic heterocycles. The Labute approximate surface area is 112 Å². The van der Waals surface area contributed by atoms with Gasteiger partial charge in [0, 0.05) is 19.3 Å². The van der Waals surface area contributed by atoms with E-state index in [-0.39, 0.29) is 12.2 Å². The van der Waals surface area contributed by atoms with Crippen LogP contribution in [0.15, 0.2) is 12.2 Å². The lowest BCUT2D eigenvalue weighted by atomic mass is 10.5. The van der Waals surface area contributed by atoms with Gasteiger partial charge in [-0.25, -0.2) is 4.79 Å². The van der Waals surface area contributed by atoms with Gasteiger partial charge in [0.2, 0.25) is 0 Å². The highest BCUT2D eigenvalue weighted by molar-refractivity contribution is 6.67. The summed E-state index contributed by atoms with van der Waals surface area (Å²) < 4.78 is 17.0. The van der Waals surface area contributed by atoms with E-state index in [0.29, 0.717) is 13.2 Å². The van der Waals surface area contributed by atoms with Crippen molar-refractivity contribution in [3.63, 3.8) is 0 Å².